The van der Waals surface area contributed by atoms with Crippen LogP contribution in [0.3, 0.4) is 0 Å². The molecule has 0 fully saturated rings. The molecule has 0 bridgehead atoms. The Hall–Kier alpha value is 0.636. The van der Waals surface area contributed by atoms with Crippen LogP contribution in [0, 0.1) is 5.92 Å². The Bertz CT molecular complexity index is 49.7. The Labute approximate surface area is 56.6 Å². The zero-order chi connectivity index (χ0) is 6.08. The van der Waals surface area contributed by atoms with Crippen molar-refractivity contribution in [2.75, 3.05) is 0 Å². The molecule has 7 heavy (non-hydrogen) atoms. The molecule has 0 rings (SSSR count). The Morgan fingerprint density at radius 2 is 1.43 bits per heavy atom. The Kier molecular flexibility index (Phi) is 2.48. The fourth-order valence-electron chi connectivity index (χ4n) is 0. The fraction of sp³-hybridized carbons (Fsp3) is 1.00. The van der Waals surface area contributed by atoms with Gasteiger partial charge in [-0.1, -0.05) is 0 Å². The zero-order valence-electron chi connectivity index (χ0n) is 6.08. The van der Waals surface area contributed by atoms with E-state index >= 15 is 0 Å². The molecule has 0 saturated carbocycles. The van der Waals surface area contributed by atoms with Gasteiger partial charge in [-0.15, -0.1) is 0 Å². The third kappa shape index (κ3) is 3.24. The van der Waals surface area contributed by atoms with Crippen LogP contribution in [0.25, 0.3) is 0 Å². The van der Waals surface area contributed by atoms with E-state index in [1.807, 2.05) is 0 Å². The summed E-state index contributed by atoms with van der Waals surface area (Å²) in [5.74, 6) is 0.882. The van der Waals surface area contributed by atoms with Gasteiger partial charge in [-0.3, -0.25) is 0 Å². The van der Waals surface area contributed by atoms with E-state index < -0.39 is 0 Å². The predicted molar refractivity (Wildman–Crippen MR) is 37.4 cm³/mol. The first-order chi connectivity index (χ1) is 2.94. The molecule has 0 aliphatic heterocycles. The van der Waals surface area contributed by atoms with Crippen molar-refractivity contribution in [2.45, 2.75) is 31.7 Å². The first-order valence-corrected chi connectivity index (χ1v) is 5.04. The molecule has 42 valence electrons. The van der Waals surface area contributed by atoms with Crippen LogP contribution < -0.4 is 0 Å². The standard InChI is InChI=1S/C6H13.Ga.2H/c1-5(2)6(3)4;;;/h5H,1-4H3;;;. The normalized spacial score (nSPS) is 12.7. The van der Waals surface area contributed by atoms with E-state index in [1.165, 1.54) is 0 Å². The third-order valence-electron chi connectivity index (χ3n) is 1.73. The third-order valence-corrected chi connectivity index (χ3v) is 4.15. The zero-order valence-corrected chi connectivity index (χ0v) is 10.3. The van der Waals surface area contributed by atoms with E-state index in [9.17, 15) is 0 Å². The monoisotopic (exact) mass is 156 g/mol. The summed E-state index contributed by atoms with van der Waals surface area (Å²) in [6, 6.07) is 0. The minimum atomic E-state index is 0.688. The molecule has 0 aromatic rings. The summed E-state index contributed by atoms with van der Waals surface area (Å²) >= 11 is 0.980. The first-order valence-electron chi connectivity index (χ1n) is 2.94. The Morgan fingerprint density at radius 1 is 1.29 bits per heavy atom. The molecule has 0 aromatic carbocycles. The molecule has 0 aromatic heterocycles. The van der Waals surface area contributed by atoms with Gasteiger partial charge in [0.15, 0.2) is 0 Å². The van der Waals surface area contributed by atoms with Gasteiger partial charge in [0.1, 0.15) is 0 Å². The van der Waals surface area contributed by atoms with Crippen LogP contribution in [-0.4, -0.2) is 18.6 Å². The molecular formula is C6H15Ga. The van der Waals surface area contributed by atoms with E-state index in [4.69, 9.17) is 0 Å². The van der Waals surface area contributed by atoms with E-state index in [0.717, 1.165) is 24.5 Å². The van der Waals surface area contributed by atoms with Gasteiger partial charge in [0.05, 0.1) is 0 Å². The second kappa shape index (κ2) is 2.27. The predicted octanol–water partition coefficient (Wildman–Crippen LogP) is 1.47. The van der Waals surface area contributed by atoms with Gasteiger partial charge in [0.25, 0.3) is 0 Å². The molecule has 0 radical (unpaired) electrons. The molecule has 1 heteroatoms. The summed E-state index contributed by atoms with van der Waals surface area (Å²) in [7, 11) is 0. The van der Waals surface area contributed by atoms with Crippen molar-refractivity contribution in [3.8, 4) is 0 Å². The van der Waals surface area contributed by atoms with Crippen LogP contribution in [0.4, 0.5) is 0 Å². The average Bonchev–Trinajstić information content (AvgIpc) is 1.31. The molecule has 0 atom stereocenters. The van der Waals surface area contributed by atoms with Crippen molar-refractivity contribution in [1.82, 2.24) is 0 Å². The SMILES string of the molecule is CC(C)[C](C)(C)[GaH2]. The molecule has 0 aliphatic rings. The fourth-order valence-corrected chi connectivity index (χ4v) is 0. The minimum absolute atomic E-state index is 0.688. The van der Waals surface area contributed by atoms with Crippen LogP contribution >= 0.6 is 0 Å². The van der Waals surface area contributed by atoms with E-state index in [2.05, 4.69) is 27.7 Å². The number of rotatable bonds is 1. The summed E-state index contributed by atoms with van der Waals surface area (Å²) in [5.41, 5.74) is 0. The van der Waals surface area contributed by atoms with Crippen molar-refractivity contribution >= 4 is 18.6 Å². The van der Waals surface area contributed by atoms with Crippen LogP contribution in [0.2, 0.25) is 3.97 Å². The summed E-state index contributed by atoms with van der Waals surface area (Å²) in [4.78, 5) is 0. The van der Waals surface area contributed by atoms with E-state index in [-0.39, 0.29) is 0 Å². The summed E-state index contributed by atoms with van der Waals surface area (Å²) < 4.78 is 0.688. The molecular weight excluding hydrogens is 142 g/mol. The first kappa shape index (κ1) is 7.64. The van der Waals surface area contributed by atoms with Gasteiger partial charge in [-0.2, -0.15) is 0 Å². The van der Waals surface area contributed by atoms with Gasteiger partial charge < -0.3 is 0 Å². The van der Waals surface area contributed by atoms with Crippen molar-refractivity contribution < 1.29 is 0 Å². The van der Waals surface area contributed by atoms with Crippen molar-refractivity contribution in [3.05, 3.63) is 0 Å². The maximum absolute atomic E-state index is 2.34. The molecule has 0 amide bonds. The second-order valence-electron chi connectivity index (χ2n) is 3.52. The summed E-state index contributed by atoms with van der Waals surface area (Å²) in [5, 5.41) is 0. The van der Waals surface area contributed by atoms with Crippen LogP contribution in [0.1, 0.15) is 27.7 Å². The molecule has 0 N–H and O–H groups in total. The van der Waals surface area contributed by atoms with Crippen LogP contribution in [0.5, 0.6) is 0 Å². The van der Waals surface area contributed by atoms with Gasteiger partial charge in [0, 0.05) is 0 Å². The van der Waals surface area contributed by atoms with Gasteiger partial charge >= 0.3 is 56.2 Å². The average molecular weight is 157 g/mol. The molecule has 0 aliphatic carbocycles. The van der Waals surface area contributed by atoms with E-state index in [1.54, 1.807) is 0 Å². The molecule has 0 saturated heterocycles. The number of hydrogen-bond acceptors (Lipinski definition) is 0. The van der Waals surface area contributed by atoms with Crippen molar-refractivity contribution in [1.29, 1.82) is 0 Å². The summed E-state index contributed by atoms with van der Waals surface area (Å²) in [6.45, 7) is 9.28. The van der Waals surface area contributed by atoms with Gasteiger partial charge in [0.2, 0.25) is 0 Å². The van der Waals surface area contributed by atoms with E-state index in [0.29, 0.717) is 3.97 Å². The molecule has 0 spiro atoms. The quantitative estimate of drug-likeness (QED) is 0.505. The van der Waals surface area contributed by atoms with Crippen molar-refractivity contribution in [2.24, 2.45) is 5.92 Å². The van der Waals surface area contributed by atoms with Crippen LogP contribution in [0.15, 0.2) is 0 Å². The molecule has 0 unspecified atom stereocenters. The molecule has 0 heterocycles. The molecule has 0 nitrogen and oxygen atoms in total. The van der Waals surface area contributed by atoms with Crippen LogP contribution in [-0.2, 0) is 0 Å². The number of hydrogen-bond donors (Lipinski definition) is 0. The summed E-state index contributed by atoms with van der Waals surface area (Å²) in [6.07, 6.45) is 0. The maximum atomic E-state index is 2.34. The van der Waals surface area contributed by atoms with Gasteiger partial charge in [-0.05, 0) is 0 Å². The Balaban J connectivity index is 3.54. The van der Waals surface area contributed by atoms with Gasteiger partial charge in [-0.25, -0.2) is 0 Å². The second-order valence-corrected chi connectivity index (χ2v) is 8.93. The Morgan fingerprint density at radius 3 is 1.43 bits per heavy atom. The topological polar surface area (TPSA) is 0 Å². The van der Waals surface area contributed by atoms with Crippen molar-refractivity contribution in [3.63, 3.8) is 0 Å².